The van der Waals surface area contributed by atoms with Crippen molar-refractivity contribution in [1.82, 2.24) is 5.32 Å². The summed E-state index contributed by atoms with van der Waals surface area (Å²) in [5.41, 5.74) is 3.62. The molecule has 0 aliphatic heterocycles. The molecule has 0 fully saturated rings. The largest absolute Gasteiger partial charge is 0.489 e. The summed E-state index contributed by atoms with van der Waals surface area (Å²) in [4.78, 5) is 0. The molecule has 0 spiro atoms. The Labute approximate surface area is 133 Å². The Morgan fingerprint density at radius 1 is 1.09 bits per heavy atom. The molecule has 0 bridgehead atoms. The first-order chi connectivity index (χ1) is 10.7. The summed E-state index contributed by atoms with van der Waals surface area (Å²) < 4.78 is 5.81. The van der Waals surface area contributed by atoms with Gasteiger partial charge in [0.2, 0.25) is 0 Å². The number of rotatable bonds is 8. The smallest absolute Gasteiger partial charge is 0.119 e. The van der Waals surface area contributed by atoms with Crippen LogP contribution in [0.4, 0.5) is 0 Å². The van der Waals surface area contributed by atoms with Gasteiger partial charge in [0.1, 0.15) is 12.4 Å². The van der Waals surface area contributed by atoms with Gasteiger partial charge in [-0.15, -0.1) is 0 Å². The highest BCUT2D eigenvalue weighted by molar-refractivity contribution is 5.28. The van der Waals surface area contributed by atoms with Crippen molar-refractivity contribution in [1.29, 1.82) is 0 Å². The molecule has 0 saturated carbocycles. The van der Waals surface area contributed by atoms with Gasteiger partial charge >= 0.3 is 0 Å². The van der Waals surface area contributed by atoms with E-state index in [1.54, 1.807) is 0 Å². The van der Waals surface area contributed by atoms with Crippen LogP contribution in [0.25, 0.3) is 0 Å². The van der Waals surface area contributed by atoms with Gasteiger partial charge in [-0.05, 0) is 36.6 Å². The van der Waals surface area contributed by atoms with Crippen LogP contribution in [0.3, 0.4) is 0 Å². The van der Waals surface area contributed by atoms with Crippen LogP contribution in [0.15, 0.2) is 48.5 Å². The quantitative estimate of drug-likeness (QED) is 0.784. The molecular weight excluding hydrogens is 274 g/mol. The molecule has 3 nitrogen and oxygen atoms in total. The molecule has 0 aliphatic carbocycles. The van der Waals surface area contributed by atoms with Crippen LogP contribution in [0.5, 0.6) is 5.75 Å². The molecule has 2 aromatic rings. The lowest BCUT2D eigenvalue weighted by Crippen LogP contribution is -2.31. The summed E-state index contributed by atoms with van der Waals surface area (Å²) in [6.45, 7) is 5.67. The van der Waals surface area contributed by atoms with E-state index in [9.17, 15) is 0 Å². The Hall–Kier alpha value is -1.84. The molecule has 1 unspecified atom stereocenters. The van der Waals surface area contributed by atoms with E-state index in [2.05, 4.69) is 49.5 Å². The third kappa shape index (κ3) is 5.17. The molecule has 2 N–H and O–H groups in total. The van der Waals surface area contributed by atoms with Gasteiger partial charge in [0, 0.05) is 12.6 Å². The number of hydrogen-bond donors (Lipinski definition) is 2. The third-order valence-corrected chi connectivity index (χ3v) is 3.72. The number of benzene rings is 2. The van der Waals surface area contributed by atoms with Crippen LogP contribution in [0.2, 0.25) is 0 Å². The average Bonchev–Trinajstić information content (AvgIpc) is 2.55. The zero-order chi connectivity index (χ0) is 15.8. The highest BCUT2D eigenvalue weighted by Crippen LogP contribution is 2.15. The lowest BCUT2D eigenvalue weighted by atomic mass is 10.1. The van der Waals surface area contributed by atoms with E-state index < -0.39 is 0 Å². The highest BCUT2D eigenvalue weighted by atomic mass is 16.5. The van der Waals surface area contributed by atoms with Gasteiger partial charge in [-0.25, -0.2) is 0 Å². The monoisotopic (exact) mass is 299 g/mol. The fourth-order valence-electron chi connectivity index (χ4n) is 2.27. The van der Waals surface area contributed by atoms with Crippen molar-refractivity contribution in [3.8, 4) is 5.75 Å². The van der Waals surface area contributed by atoms with E-state index in [-0.39, 0.29) is 12.6 Å². The summed E-state index contributed by atoms with van der Waals surface area (Å²) in [5.74, 6) is 0.874. The molecule has 1 atom stereocenters. The normalized spacial score (nSPS) is 12.1. The minimum Gasteiger partial charge on any atom is -0.489 e. The van der Waals surface area contributed by atoms with Crippen LogP contribution in [0, 0.1) is 6.92 Å². The molecule has 3 heteroatoms. The Morgan fingerprint density at radius 2 is 1.86 bits per heavy atom. The molecule has 0 aliphatic rings. The Balaban J connectivity index is 1.84. The number of hydrogen-bond acceptors (Lipinski definition) is 3. The van der Waals surface area contributed by atoms with E-state index >= 15 is 0 Å². The maximum atomic E-state index is 9.16. The molecule has 22 heavy (non-hydrogen) atoms. The fourth-order valence-corrected chi connectivity index (χ4v) is 2.27. The Kier molecular flexibility index (Phi) is 6.44. The number of aliphatic hydroxyl groups excluding tert-OH is 1. The van der Waals surface area contributed by atoms with Crippen molar-refractivity contribution >= 4 is 0 Å². The van der Waals surface area contributed by atoms with Crippen molar-refractivity contribution in [3.63, 3.8) is 0 Å². The summed E-state index contributed by atoms with van der Waals surface area (Å²) in [7, 11) is 0. The molecule has 2 aromatic carbocycles. The molecular formula is C19H25NO2. The van der Waals surface area contributed by atoms with Gasteiger partial charge in [0.25, 0.3) is 0 Å². The van der Waals surface area contributed by atoms with Gasteiger partial charge in [0.05, 0.1) is 6.61 Å². The number of nitrogens with one attached hydrogen (secondary N) is 1. The molecule has 2 rings (SSSR count). The molecule has 118 valence electrons. The van der Waals surface area contributed by atoms with Gasteiger partial charge < -0.3 is 15.2 Å². The first kappa shape index (κ1) is 16.5. The maximum Gasteiger partial charge on any atom is 0.119 e. The van der Waals surface area contributed by atoms with Gasteiger partial charge in [0.15, 0.2) is 0 Å². The molecule has 0 aromatic heterocycles. The number of ether oxygens (including phenoxy) is 1. The molecule has 0 amide bonds. The lowest BCUT2D eigenvalue weighted by Gasteiger charge is -2.14. The Morgan fingerprint density at radius 3 is 2.50 bits per heavy atom. The minimum atomic E-state index is 0.164. The van der Waals surface area contributed by atoms with Gasteiger partial charge in [-0.3, -0.25) is 0 Å². The van der Waals surface area contributed by atoms with Crippen LogP contribution in [0.1, 0.15) is 30.0 Å². The maximum absolute atomic E-state index is 9.16. The molecule has 0 radical (unpaired) electrons. The van der Waals surface area contributed by atoms with Crippen LogP contribution >= 0.6 is 0 Å². The second kappa shape index (κ2) is 8.57. The third-order valence-electron chi connectivity index (χ3n) is 3.72. The van der Waals surface area contributed by atoms with Crippen LogP contribution < -0.4 is 10.1 Å². The predicted octanol–water partition coefficient (Wildman–Crippen LogP) is 3.43. The summed E-state index contributed by atoms with van der Waals surface area (Å²) in [6, 6.07) is 16.6. The lowest BCUT2D eigenvalue weighted by molar-refractivity contribution is 0.238. The SMILES string of the molecule is CCC(CO)NCc1ccc(OCc2cccc(C)c2)cc1. The van der Waals surface area contributed by atoms with Gasteiger partial charge in [-0.1, -0.05) is 48.9 Å². The second-order valence-electron chi connectivity index (χ2n) is 5.59. The first-order valence-corrected chi connectivity index (χ1v) is 7.82. The van der Waals surface area contributed by atoms with Crippen molar-refractivity contribution in [2.45, 2.75) is 39.5 Å². The fraction of sp³-hybridized carbons (Fsp3) is 0.368. The first-order valence-electron chi connectivity index (χ1n) is 7.82. The summed E-state index contributed by atoms with van der Waals surface area (Å²) >= 11 is 0. The van der Waals surface area contributed by atoms with E-state index in [4.69, 9.17) is 9.84 Å². The van der Waals surface area contributed by atoms with E-state index in [0.29, 0.717) is 6.61 Å². The summed E-state index contributed by atoms with van der Waals surface area (Å²) in [6.07, 6.45) is 0.925. The number of aryl methyl sites for hydroxylation is 1. The van der Waals surface area contributed by atoms with Crippen molar-refractivity contribution < 1.29 is 9.84 Å². The van der Waals surface area contributed by atoms with Crippen molar-refractivity contribution in [2.24, 2.45) is 0 Å². The zero-order valence-corrected chi connectivity index (χ0v) is 13.4. The topological polar surface area (TPSA) is 41.5 Å². The van der Waals surface area contributed by atoms with Crippen LogP contribution in [-0.2, 0) is 13.2 Å². The average molecular weight is 299 g/mol. The second-order valence-corrected chi connectivity index (χ2v) is 5.59. The van der Waals surface area contributed by atoms with E-state index in [1.165, 1.54) is 16.7 Å². The van der Waals surface area contributed by atoms with Crippen molar-refractivity contribution in [2.75, 3.05) is 6.61 Å². The molecule has 0 saturated heterocycles. The van der Waals surface area contributed by atoms with Crippen molar-refractivity contribution in [3.05, 3.63) is 65.2 Å². The zero-order valence-electron chi connectivity index (χ0n) is 13.4. The standard InChI is InChI=1S/C19H25NO2/c1-3-18(13-21)20-12-16-7-9-19(10-8-16)22-14-17-6-4-5-15(2)11-17/h4-11,18,20-21H,3,12-14H2,1-2H3. The van der Waals surface area contributed by atoms with E-state index in [1.807, 2.05) is 18.2 Å². The number of aliphatic hydroxyl groups is 1. The highest BCUT2D eigenvalue weighted by Gasteiger charge is 2.03. The predicted molar refractivity (Wildman–Crippen MR) is 90.0 cm³/mol. The van der Waals surface area contributed by atoms with E-state index in [0.717, 1.165) is 18.7 Å². The minimum absolute atomic E-state index is 0.164. The Bertz CT molecular complexity index is 562. The summed E-state index contributed by atoms with van der Waals surface area (Å²) in [5, 5.41) is 12.5. The van der Waals surface area contributed by atoms with Crippen LogP contribution in [-0.4, -0.2) is 17.8 Å². The molecule has 0 heterocycles. The van der Waals surface area contributed by atoms with Gasteiger partial charge in [-0.2, -0.15) is 0 Å².